The van der Waals surface area contributed by atoms with E-state index in [2.05, 4.69) is 38.4 Å². The fourth-order valence-corrected chi connectivity index (χ4v) is 5.13. The van der Waals surface area contributed by atoms with Crippen LogP contribution in [-0.4, -0.2) is 24.7 Å². The normalized spacial score (nSPS) is 11.2. The summed E-state index contributed by atoms with van der Waals surface area (Å²) in [5.74, 6) is 1.31. The van der Waals surface area contributed by atoms with Gasteiger partial charge in [-0.2, -0.15) is 0 Å². The lowest BCUT2D eigenvalue weighted by Gasteiger charge is -2.07. The Morgan fingerprint density at radius 1 is 1.03 bits per heavy atom. The van der Waals surface area contributed by atoms with E-state index in [1.54, 1.807) is 23.7 Å². The molecule has 0 atom stereocenters. The highest BCUT2D eigenvalue weighted by atomic mass is 35.5. The molecule has 0 N–H and O–H groups in total. The van der Waals surface area contributed by atoms with E-state index in [-0.39, 0.29) is 6.61 Å². The molecule has 0 aliphatic heterocycles. The van der Waals surface area contributed by atoms with Gasteiger partial charge in [-0.1, -0.05) is 54.1 Å². The van der Waals surface area contributed by atoms with E-state index in [1.165, 1.54) is 17.3 Å². The molecule has 2 aromatic carbocycles. The largest absolute Gasteiger partial charge is 0.484 e. The van der Waals surface area contributed by atoms with Crippen LogP contribution in [0.4, 0.5) is 0 Å². The van der Waals surface area contributed by atoms with Gasteiger partial charge < -0.3 is 9.30 Å². The van der Waals surface area contributed by atoms with Crippen LogP contribution in [0.2, 0.25) is 5.02 Å². The number of para-hydroxylation sites is 1. The summed E-state index contributed by atoms with van der Waals surface area (Å²) >= 11 is 9.27. The molecule has 0 fully saturated rings. The van der Waals surface area contributed by atoms with Gasteiger partial charge in [0.05, 0.1) is 5.02 Å². The van der Waals surface area contributed by atoms with Crippen LogP contribution in [0.15, 0.2) is 77.2 Å². The fraction of sp³-hybridized carbons (Fsp3) is 0.0909. The van der Waals surface area contributed by atoms with Crippen LogP contribution in [0.3, 0.4) is 0 Å². The zero-order valence-electron chi connectivity index (χ0n) is 16.4. The summed E-state index contributed by atoms with van der Waals surface area (Å²) in [6, 6.07) is 19.8. The van der Waals surface area contributed by atoms with Crippen molar-refractivity contribution in [1.29, 1.82) is 0 Å². The van der Waals surface area contributed by atoms with E-state index >= 15 is 0 Å². The van der Waals surface area contributed by atoms with Crippen LogP contribution in [0.1, 0.15) is 5.82 Å². The van der Waals surface area contributed by atoms with Crippen LogP contribution >= 0.6 is 34.7 Å². The second-order valence-electron chi connectivity index (χ2n) is 6.65. The van der Waals surface area contributed by atoms with Crippen molar-refractivity contribution in [3.05, 3.63) is 77.8 Å². The Morgan fingerprint density at radius 3 is 2.68 bits per heavy atom. The lowest BCUT2D eigenvalue weighted by atomic mass is 10.2. The minimum Gasteiger partial charge on any atom is -0.484 e. The summed E-state index contributed by atoms with van der Waals surface area (Å²) in [6.45, 7) is 0.267. The Hall–Kier alpha value is -2.94. The van der Waals surface area contributed by atoms with Gasteiger partial charge in [-0.15, -0.1) is 21.5 Å². The SMILES string of the molecule is Cn1c(COc2ccccc2Cl)nnc1Sc1ncnc2sc(-c3ccccc3)cc12. The average molecular weight is 466 g/mol. The zero-order valence-corrected chi connectivity index (χ0v) is 18.8. The first kappa shape index (κ1) is 20.0. The molecular weight excluding hydrogens is 450 g/mol. The first-order valence-electron chi connectivity index (χ1n) is 9.42. The third kappa shape index (κ3) is 4.14. The van der Waals surface area contributed by atoms with Crippen molar-refractivity contribution >= 4 is 44.9 Å². The number of fused-ring (bicyclic) bond motifs is 1. The van der Waals surface area contributed by atoms with Gasteiger partial charge in [0.1, 0.15) is 28.5 Å². The fourth-order valence-electron chi connectivity index (χ4n) is 3.01. The molecular formula is C22H16ClN5OS2. The number of thiophene rings is 1. The molecule has 3 aromatic heterocycles. The van der Waals surface area contributed by atoms with Gasteiger partial charge in [0.2, 0.25) is 0 Å². The van der Waals surface area contributed by atoms with E-state index in [4.69, 9.17) is 16.3 Å². The monoisotopic (exact) mass is 465 g/mol. The molecule has 0 bridgehead atoms. The van der Waals surface area contributed by atoms with Crippen molar-refractivity contribution in [2.24, 2.45) is 7.05 Å². The lowest BCUT2D eigenvalue weighted by molar-refractivity contribution is 0.290. The van der Waals surface area contributed by atoms with Crippen molar-refractivity contribution in [2.75, 3.05) is 0 Å². The van der Waals surface area contributed by atoms with Gasteiger partial charge in [0.25, 0.3) is 0 Å². The zero-order chi connectivity index (χ0) is 21.2. The summed E-state index contributed by atoms with van der Waals surface area (Å²) in [7, 11) is 1.91. The smallest absolute Gasteiger partial charge is 0.197 e. The minimum atomic E-state index is 0.267. The third-order valence-corrected chi connectivity index (χ3v) is 7.12. The van der Waals surface area contributed by atoms with Crippen LogP contribution in [0.25, 0.3) is 20.7 Å². The van der Waals surface area contributed by atoms with Gasteiger partial charge >= 0.3 is 0 Å². The van der Waals surface area contributed by atoms with Crippen LogP contribution in [0, 0.1) is 0 Å². The Labute approximate surface area is 191 Å². The summed E-state index contributed by atoms with van der Waals surface area (Å²) in [4.78, 5) is 11.0. The van der Waals surface area contributed by atoms with Crippen molar-refractivity contribution in [3.63, 3.8) is 0 Å². The third-order valence-electron chi connectivity index (χ3n) is 4.66. The summed E-state index contributed by atoms with van der Waals surface area (Å²) < 4.78 is 7.70. The Morgan fingerprint density at radius 2 is 1.84 bits per heavy atom. The number of aromatic nitrogens is 5. The van der Waals surface area contributed by atoms with Crippen molar-refractivity contribution < 1.29 is 4.74 Å². The Bertz CT molecular complexity index is 1350. The number of benzene rings is 2. The highest BCUT2D eigenvalue weighted by Gasteiger charge is 2.16. The first-order valence-corrected chi connectivity index (χ1v) is 11.4. The second kappa shape index (κ2) is 8.66. The molecule has 5 aromatic rings. The van der Waals surface area contributed by atoms with E-state index in [0.29, 0.717) is 16.6 Å². The van der Waals surface area contributed by atoms with Crippen LogP contribution in [-0.2, 0) is 13.7 Å². The first-order chi connectivity index (χ1) is 15.2. The molecule has 0 aliphatic rings. The molecule has 31 heavy (non-hydrogen) atoms. The number of hydrogen-bond acceptors (Lipinski definition) is 7. The van der Waals surface area contributed by atoms with Gasteiger partial charge in [0.15, 0.2) is 11.0 Å². The average Bonchev–Trinajstić information content (AvgIpc) is 3.39. The van der Waals surface area contributed by atoms with Gasteiger partial charge in [-0.25, -0.2) is 9.97 Å². The quantitative estimate of drug-likeness (QED) is 0.292. The van der Waals surface area contributed by atoms with E-state index in [0.717, 1.165) is 25.3 Å². The van der Waals surface area contributed by atoms with Crippen molar-refractivity contribution in [3.8, 4) is 16.2 Å². The maximum Gasteiger partial charge on any atom is 0.197 e. The number of nitrogens with zero attached hydrogens (tertiary/aromatic N) is 5. The maximum absolute atomic E-state index is 6.16. The summed E-state index contributed by atoms with van der Waals surface area (Å²) in [5, 5.41) is 11.7. The topological polar surface area (TPSA) is 65.7 Å². The van der Waals surface area contributed by atoms with Crippen LogP contribution < -0.4 is 4.74 Å². The molecule has 0 unspecified atom stereocenters. The predicted octanol–water partition coefficient (Wildman–Crippen LogP) is 5.87. The maximum atomic E-state index is 6.16. The molecule has 6 nitrogen and oxygen atoms in total. The molecule has 0 saturated carbocycles. The second-order valence-corrected chi connectivity index (χ2v) is 9.05. The highest BCUT2D eigenvalue weighted by Crippen LogP contribution is 2.37. The molecule has 154 valence electrons. The molecule has 0 radical (unpaired) electrons. The summed E-state index contributed by atoms with van der Waals surface area (Å²) in [5.41, 5.74) is 1.17. The predicted molar refractivity (Wildman–Crippen MR) is 124 cm³/mol. The van der Waals surface area contributed by atoms with Gasteiger partial charge in [-0.3, -0.25) is 0 Å². The molecule has 9 heteroatoms. The number of rotatable bonds is 6. The number of ether oxygens (including phenoxy) is 1. The minimum absolute atomic E-state index is 0.267. The van der Waals surface area contributed by atoms with Crippen LogP contribution in [0.5, 0.6) is 5.75 Å². The molecule has 0 spiro atoms. The summed E-state index contributed by atoms with van der Waals surface area (Å²) in [6.07, 6.45) is 1.59. The van der Waals surface area contributed by atoms with E-state index in [9.17, 15) is 0 Å². The lowest BCUT2D eigenvalue weighted by Crippen LogP contribution is -2.04. The van der Waals surface area contributed by atoms with Crippen molar-refractivity contribution in [2.45, 2.75) is 16.8 Å². The molecule has 0 saturated heterocycles. The van der Waals surface area contributed by atoms with Gasteiger partial charge in [-0.05, 0) is 35.5 Å². The highest BCUT2D eigenvalue weighted by molar-refractivity contribution is 7.99. The molecule has 0 amide bonds. The Kier molecular flexibility index (Phi) is 5.59. The van der Waals surface area contributed by atoms with Gasteiger partial charge in [0, 0.05) is 17.3 Å². The number of halogens is 1. The Balaban J connectivity index is 1.39. The van der Waals surface area contributed by atoms with E-state index in [1.807, 2.05) is 48.0 Å². The van der Waals surface area contributed by atoms with Crippen molar-refractivity contribution in [1.82, 2.24) is 24.7 Å². The molecule has 5 rings (SSSR count). The standard InChI is InChI=1S/C22H16ClN5OS2/c1-28-19(12-29-17-10-6-5-9-16(17)23)26-27-22(28)31-21-15-11-18(14-7-3-2-4-8-14)30-20(15)24-13-25-21/h2-11,13H,12H2,1H3. The molecule has 3 heterocycles. The molecule has 0 aliphatic carbocycles. The van der Waals surface area contributed by atoms with E-state index < -0.39 is 0 Å². The number of hydrogen-bond donors (Lipinski definition) is 0.